The lowest BCUT2D eigenvalue weighted by atomic mass is 9.99. The molecule has 0 unspecified atom stereocenters. The van der Waals surface area contributed by atoms with Gasteiger partial charge in [0.05, 0.1) is 34.2 Å². The minimum atomic E-state index is -4.87. The molecule has 2 aromatic rings. The van der Waals surface area contributed by atoms with Gasteiger partial charge in [-0.05, 0) is 63.1 Å². The Balaban J connectivity index is 1.70. The minimum Gasteiger partial charge on any atom is -0.486 e. The van der Waals surface area contributed by atoms with E-state index in [-0.39, 0.29) is 30.1 Å². The molecule has 1 amide bonds. The molecule has 8 nitrogen and oxygen atoms in total. The number of hydrogen-bond donors (Lipinski definition) is 1. The fourth-order valence-corrected chi connectivity index (χ4v) is 5.61. The highest BCUT2D eigenvalue weighted by molar-refractivity contribution is 7.92. The van der Waals surface area contributed by atoms with Crippen LogP contribution in [0.5, 0.6) is 5.75 Å². The maximum atomic E-state index is 13.7. The number of rotatable bonds is 6. The van der Waals surface area contributed by atoms with E-state index in [1.165, 1.54) is 12.1 Å². The van der Waals surface area contributed by atoms with Crippen LogP contribution >= 0.6 is 0 Å². The Kier molecular flexibility index (Phi) is 7.15. The largest absolute Gasteiger partial charge is 0.486 e. The third-order valence-electron chi connectivity index (χ3n) is 6.63. The molecule has 0 saturated heterocycles. The lowest BCUT2D eigenvalue weighted by Crippen LogP contribution is -2.45. The number of nitriles is 1. The first-order valence-corrected chi connectivity index (χ1v) is 13.3. The van der Waals surface area contributed by atoms with E-state index >= 15 is 0 Å². The van der Waals surface area contributed by atoms with E-state index in [1.54, 1.807) is 0 Å². The highest BCUT2D eigenvalue weighted by atomic mass is 32.2. The Morgan fingerprint density at radius 3 is 2.40 bits per heavy atom. The van der Waals surface area contributed by atoms with Crippen molar-refractivity contribution in [1.82, 2.24) is 0 Å². The SMILES string of the molecule is CC(C)(OC(=O)Nc1ccc2c(c1)N(S(=O)(=O)c1cccc(C(F)(F)F)c1)C[C@H](CC1(C#N)CC1)O2)C(F)(F)F. The summed E-state index contributed by atoms with van der Waals surface area (Å²) in [5.41, 5.74) is -5.07. The summed E-state index contributed by atoms with van der Waals surface area (Å²) >= 11 is 0. The monoisotopic (exact) mass is 591 g/mol. The van der Waals surface area contributed by atoms with Crippen LogP contribution in [0.15, 0.2) is 47.4 Å². The highest BCUT2D eigenvalue weighted by Crippen LogP contribution is 2.51. The van der Waals surface area contributed by atoms with Crippen LogP contribution in [0.2, 0.25) is 0 Å². The molecule has 1 atom stereocenters. The zero-order valence-electron chi connectivity index (χ0n) is 21.1. The molecule has 1 heterocycles. The van der Waals surface area contributed by atoms with Crippen LogP contribution in [0.4, 0.5) is 42.5 Å². The second-order valence-corrected chi connectivity index (χ2v) is 12.0. The van der Waals surface area contributed by atoms with Gasteiger partial charge in [-0.15, -0.1) is 0 Å². The fraction of sp³-hybridized carbons (Fsp3) is 0.440. The minimum absolute atomic E-state index is 0.0184. The lowest BCUT2D eigenvalue weighted by molar-refractivity contribution is -0.242. The number of alkyl halides is 6. The van der Waals surface area contributed by atoms with E-state index in [4.69, 9.17) is 4.74 Å². The Morgan fingerprint density at radius 2 is 1.82 bits per heavy atom. The van der Waals surface area contributed by atoms with Crippen LogP contribution in [0.3, 0.4) is 0 Å². The number of anilines is 2. The van der Waals surface area contributed by atoms with Gasteiger partial charge in [-0.3, -0.25) is 9.62 Å². The number of amides is 1. The number of carbonyl (C=O) groups excluding carboxylic acids is 1. The second-order valence-electron chi connectivity index (χ2n) is 10.1. The summed E-state index contributed by atoms with van der Waals surface area (Å²) in [5.74, 6) is -0.0184. The Labute approximate surface area is 225 Å². The van der Waals surface area contributed by atoms with E-state index in [0.29, 0.717) is 32.8 Å². The molecule has 1 saturated carbocycles. The van der Waals surface area contributed by atoms with Gasteiger partial charge in [-0.2, -0.15) is 31.6 Å². The number of ether oxygens (including phenoxy) is 2. The van der Waals surface area contributed by atoms with Crippen LogP contribution in [-0.2, 0) is 20.9 Å². The molecular formula is C25H23F6N3O5S. The summed E-state index contributed by atoms with van der Waals surface area (Å²) in [4.78, 5) is 11.5. The molecule has 1 aliphatic carbocycles. The van der Waals surface area contributed by atoms with E-state index in [1.807, 2.05) is 0 Å². The van der Waals surface area contributed by atoms with Crippen molar-refractivity contribution in [2.45, 2.75) is 62.1 Å². The van der Waals surface area contributed by atoms with Crippen molar-refractivity contribution in [2.24, 2.45) is 5.41 Å². The van der Waals surface area contributed by atoms with Gasteiger partial charge in [0, 0.05) is 12.1 Å². The summed E-state index contributed by atoms with van der Waals surface area (Å²) in [5, 5.41) is 11.6. The van der Waals surface area contributed by atoms with E-state index in [9.17, 15) is 44.8 Å². The quantitative estimate of drug-likeness (QED) is 0.398. The third-order valence-corrected chi connectivity index (χ3v) is 8.40. The number of nitrogens with zero attached hydrogens (tertiary/aromatic N) is 2. The molecule has 216 valence electrons. The molecule has 0 aromatic heterocycles. The third kappa shape index (κ3) is 5.91. The second kappa shape index (κ2) is 9.76. The molecule has 1 N–H and O–H groups in total. The number of halogens is 6. The van der Waals surface area contributed by atoms with Gasteiger partial charge in [0.1, 0.15) is 11.9 Å². The summed E-state index contributed by atoms with van der Waals surface area (Å²) < 4.78 is 118. The predicted octanol–water partition coefficient (Wildman–Crippen LogP) is 6.24. The standard InChI is InChI=1S/C25H23F6N3O5S/c1-22(2,25(29,30)31)39-21(35)33-16-6-7-20-19(11-16)34(13-17(38-20)12-23(14-32)8-9-23)40(36,37)18-5-3-4-15(10-18)24(26,27)28/h3-7,10-11,17H,8-9,12-13H2,1-2H3,(H,33,35)/t17-/m0/s1. The average molecular weight is 592 g/mol. The molecule has 1 aliphatic heterocycles. The number of hydrogen-bond acceptors (Lipinski definition) is 6. The average Bonchev–Trinajstić information content (AvgIpc) is 3.62. The molecule has 40 heavy (non-hydrogen) atoms. The predicted molar refractivity (Wildman–Crippen MR) is 129 cm³/mol. The van der Waals surface area contributed by atoms with Gasteiger partial charge in [0.15, 0.2) is 0 Å². The Bertz CT molecular complexity index is 1460. The van der Waals surface area contributed by atoms with Crippen LogP contribution in [0, 0.1) is 16.7 Å². The first-order chi connectivity index (χ1) is 18.4. The van der Waals surface area contributed by atoms with Crippen LogP contribution < -0.4 is 14.4 Å². The van der Waals surface area contributed by atoms with Gasteiger partial charge >= 0.3 is 18.4 Å². The highest BCUT2D eigenvalue weighted by Gasteiger charge is 2.51. The number of carbonyl (C=O) groups is 1. The maximum absolute atomic E-state index is 13.7. The van der Waals surface area contributed by atoms with E-state index in [2.05, 4.69) is 16.1 Å². The number of fused-ring (bicyclic) bond motifs is 1. The van der Waals surface area contributed by atoms with Crippen molar-refractivity contribution >= 4 is 27.5 Å². The van der Waals surface area contributed by atoms with Gasteiger partial charge in [-0.1, -0.05) is 6.07 Å². The molecule has 2 aliphatic rings. The summed E-state index contributed by atoms with van der Waals surface area (Å²) in [6, 6.07) is 8.89. The van der Waals surface area contributed by atoms with Crippen molar-refractivity contribution in [3.05, 3.63) is 48.0 Å². The van der Waals surface area contributed by atoms with Gasteiger partial charge in [-0.25, -0.2) is 13.2 Å². The van der Waals surface area contributed by atoms with E-state index < -0.39 is 56.0 Å². The summed E-state index contributed by atoms with van der Waals surface area (Å²) in [6.45, 7) is 0.916. The van der Waals surface area contributed by atoms with E-state index in [0.717, 1.165) is 28.6 Å². The first kappa shape index (κ1) is 29.3. The van der Waals surface area contributed by atoms with Gasteiger partial charge in [0.2, 0.25) is 5.60 Å². The maximum Gasteiger partial charge on any atom is 0.427 e. The van der Waals surface area contributed by atoms with Crippen molar-refractivity contribution in [2.75, 3.05) is 16.2 Å². The van der Waals surface area contributed by atoms with Crippen molar-refractivity contribution in [1.29, 1.82) is 5.26 Å². The van der Waals surface area contributed by atoms with Crippen LogP contribution in [-0.4, -0.2) is 38.9 Å². The lowest BCUT2D eigenvalue weighted by Gasteiger charge is -2.36. The Morgan fingerprint density at radius 1 is 1.15 bits per heavy atom. The summed E-state index contributed by atoms with van der Waals surface area (Å²) in [7, 11) is -4.65. The molecule has 2 aromatic carbocycles. The first-order valence-electron chi connectivity index (χ1n) is 11.9. The molecule has 0 radical (unpaired) electrons. The summed E-state index contributed by atoms with van der Waals surface area (Å²) in [6.07, 6.45) is -10.7. The molecule has 4 rings (SSSR count). The number of sulfonamides is 1. The fourth-order valence-electron chi connectivity index (χ4n) is 4.06. The molecule has 1 fully saturated rings. The van der Waals surface area contributed by atoms with Crippen molar-refractivity contribution in [3.63, 3.8) is 0 Å². The smallest absolute Gasteiger partial charge is 0.427 e. The zero-order chi connectivity index (χ0) is 29.7. The number of nitrogens with one attached hydrogen (secondary N) is 1. The van der Waals surface area contributed by atoms with Crippen LogP contribution in [0.1, 0.15) is 38.7 Å². The topological polar surface area (TPSA) is 109 Å². The Hall–Kier alpha value is -3.67. The van der Waals surface area contributed by atoms with Gasteiger partial charge in [0.25, 0.3) is 10.0 Å². The normalized spacial score (nSPS) is 18.7. The molecule has 15 heteroatoms. The van der Waals surface area contributed by atoms with Crippen molar-refractivity contribution < 1.29 is 49.0 Å². The zero-order valence-corrected chi connectivity index (χ0v) is 21.9. The van der Waals surface area contributed by atoms with Gasteiger partial charge < -0.3 is 9.47 Å². The van der Waals surface area contributed by atoms with Crippen molar-refractivity contribution in [3.8, 4) is 11.8 Å². The van der Waals surface area contributed by atoms with Crippen LogP contribution in [0.25, 0.3) is 0 Å². The number of benzene rings is 2. The molecule has 0 spiro atoms. The molecular weight excluding hydrogens is 568 g/mol. The molecule has 0 bridgehead atoms.